The molecule has 2 aromatic rings. The molecule has 2 amide bonds. The van der Waals surface area contributed by atoms with Crippen LogP contribution in [-0.2, 0) is 31.9 Å². The Kier molecular flexibility index (Phi) is 15.0. The smallest absolute Gasteiger partial charge is 0.408 e. The first-order valence-electron chi connectivity index (χ1n) is 13.7. The van der Waals surface area contributed by atoms with Crippen molar-refractivity contribution in [3.05, 3.63) is 53.6 Å². The van der Waals surface area contributed by atoms with Crippen molar-refractivity contribution in [2.75, 3.05) is 38.4 Å². The number of carbonyl (C=O) groups excluding carboxylic acids is 3. The molecule has 0 aromatic heterocycles. The second-order valence-corrected chi connectivity index (χ2v) is 12.6. The van der Waals surface area contributed by atoms with Gasteiger partial charge in [-0.25, -0.2) is 9.59 Å². The van der Waals surface area contributed by atoms with Crippen LogP contribution >= 0.6 is 23.5 Å². The SMILES string of the molecule is CCOC(=O)[C@H](Cc1ccc(OC)cc1)NC(=O)[C@H](Cc1cc(SCCO)cc(SCCO)c1)NC(=O)OC(C)(C)C. The molecule has 2 rings (SSSR count). The molecule has 4 N–H and O–H groups in total. The Morgan fingerprint density at radius 3 is 1.93 bits per heavy atom. The molecule has 0 bridgehead atoms. The number of methoxy groups -OCH3 is 1. The van der Waals surface area contributed by atoms with Crippen LogP contribution in [0.15, 0.2) is 52.3 Å². The number of carbonyl (C=O) groups is 3. The fourth-order valence-corrected chi connectivity index (χ4v) is 5.46. The summed E-state index contributed by atoms with van der Waals surface area (Å²) in [5.41, 5.74) is 0.740. The fourth-order valence-electron chi connectivity index (χ4n) is 3.84. The van der Waals surface area contributed by atoms with Crippen molar-refractivity contribution in [2.45, 2.75) is 68.0 Å². The summed E-state index contributed by atoms with van der Waals surface area (Å²) in [6, 6.07) is 10.8. The van der Waals surface area contributed by atoms with Gasteiger partial charge in [0.05, 0.1) is 26.9 Å². The minimum absolute atomic E-state index is 0.00266. The second kappa shape index (κ2) is 17.9. The van der Waals surface area contributed by atoms with E-state index < -0.39 is 35.7 Å². The molecule has 232 valence electrons. The van der Waals surface area contributed by atoms with Crippen molar-refractivity contribution in [3.63, 3.8) is 0 Å². The van der Waals surface area contributed by atoms with E-state index in [1.165, 1.54) is 23.5 Å². The van der Waals surface area contributed by atoms with Gasteiger partial charge in [0.15, 0.2) is 0 Å². The summed E-state index contributed by atoms with van der Waals surface area (Å²) < 4.78 is 15.9. The molecule has 2 aromatic carbocycles. The highest BCUT2D eigenvalue weighted by Crippen LogP contribution is 2.28. The van der Waals surface area contributed by atoms with Gasteiger partial charge < -0.3 is 35.1 Å². The Hall–Kier alpha value is -2.93. The van der Waals surface area contributed by atoms with Crippen LogP contribution in [0.3, 0.4) is 0 Å². The van der Waals surface area contributed by atoms with Gasteiger partial charge in [0, 0.05) is 34.1 Å². The lowest BCUT2D eigenvalue weighted by molar-refractivity contribution is -0.147. The number of amides is 2. The number of aliphatic hydroxyl groups excluding tert-OH is 2. The highest BCUT2D eigenvalue weighted by Gasteiger charge is 2.30. The third-order valence-corrected chi connectivity index (χ3v) is 7.51. The van der Waals surface area contributed by atoms with Crippen LogP contribution in [0.25, 0.3) is 0 Å². The molecule has 0 fully saturated rings. The Bertz CT molecular complexity index is 1130. The zero-order valence-electron chi connectivity index (χ0n) is 24.8. The molecule has 42 heavy (non-hydrogen) atoms. The molecule has 0 aliphatic rings. The van der Waals surface area contributed by atoms with Gasteiger partial charge in [0.2, 0.25) is 5.91 Å². The van der Waals surface area contributed by atoms with E-state index in [-0.39, 0.29) is 32.7 Å². The lowest BCUT2D eigenvalue weighted by Gasteiger charge is -2.25. The molecule has 10 nitrogen and oxygen atoms in total. The van der Waals surface area contributed by atoms with E-state index in [1.54, 1.807) is 59.1 Å². The van der Waals surface area contributed by atoms with Crippen molar-refractivity contribution in [2.24, 2.45) is 0 Å². The zero-order valence-corrected chi connectivity index (χ0v) is 26.4. The normalized spacial score (nSPS) is 12.6. The first-order valence-corrected chi connectivity index (χ1v) is 15.7. The number of hydrogen-bond donors (Lipinski definition) is 4. The summed E-state index contributed by atoms with van der Waals surface area (Å²) in [5.74, 6) is 0.460. The topological polar surface area (TPSA) is 143 Å². The number of aliphatic hydroxyl groups is 2. The number of rotatable bonds is 16. The molecule has 0 heterocycles. The molecule has 2 atom stereocenters. The number of esters is 1. The van der Waals surface area contributed by atoms with E-state index in [1.807, 2.05) is 18.2 Å². The van der Waals surface area contributed by atoms with Gasteiger partial charge in [0.1, 0.15) is 23.4 Å². The molecule has 0 saturated heterocycles. The minimum atomic E-state index is -1.08. The number of ether oxygens (including phenoxy) is 3. The van der Waals surface area contributed by atoms with Gasteiger partial charge in [-0.2, -0.15) is 0 Å². The van der Waals surface area contributed by atoms with Gasteiger partial charge >= 0.3 is 12.1 Å². The molecule has 0 radical (unpaired) electrons. The van der Waals surface area contributed by atoms with E-state index in [9.17, 15) is 24.6 Å². The molecule has 0 aliphatic carbocycles. The summed E-state index contributed by atoms with van der Waals surface area (Å²) >= 11 is 2.91. The van der Waals surface area contributed by atoms with Crippen LogP contribution in [0.4, 0.5) is 4.79 Å². The Morgan fingerprint density at radius 2 is 1.43 bits per heavy atom. The monoisotopic (exact) mass is 622 g/mol. The molecule has 0 spiro atoms. The second-order valence-electron chi connectivity index (χ2n) is 10.2. The first kappa shape index (κ1) is 35.3. The molecular weight excluding hydrogens is 580 g/mol. The van der Waals surface area contributed by atoms with E-state index in [0.29, 0.717) is 17.3 Å². The number of alkyl carbamates (subject to hydrolysis) is 1. The Balaban J connectivity index is 2.37. The van der Waals surface area contributed by atoms with E-state index in [0.717, 1.165) is 20.9 Å². The maximum atomic E-state index is 13.7. The maximum absolute atomic E-state index is 13.7. The quantitative estimate of drug-likeness (QED) is 0.162. The van der Waals surface area contributed by atoms with Crippen LogP contribution in [0.2, 0.25) is 0 Å². The molecule has 0 aliphatic heterocycles. The summed E-state index contributed by atoms with van der Waals surface area (Å²) in [6.45, 7) is 7.00. The average Bonchev–Trinajstić information content (AvgIpc) is 2.93. The van der Waals surface area contributed by atoms with Crippen molar-refractivity contribution in [3.8, 4) is 5.75 Å². The number of benzene rings is 2. The molecule has 0 unspecified atom stereocenters. The maximum Gasteiger partial charge on any atom is 0.408 e. The van der Waals surface area contributed by atoms with Gasteiger partial charge in [-0.15, -0.1) is 23.5 Å². The predicted octanol–water partition coefficient (Wildman–Crippen LogP) is 3.59. The van der Waals surface area contributed by atoms with Crippen molar-refractivity contribution in [1.82, 2.24) is 10.6 Å². The van der Waals surface area contributed by atoms with Crippen LogP contribution in [-0.4, -0.2) is 84.3 Å². The fraction of sp³-hybridized carbons (Fsp3) is 0.500. The zero-order chi connectivity index (χ0) is 31.1. The van der Waals surface area contributed by atoms with Crippen LogP contribution < -0.4 is 15.4 Å². The van der Waals surface area contributed by atoms with Crippen LogP contribution in [0, 0.1) is 0 Å². The third kappa shape index (κ3) is 12.9. The first-order chi connectivity index (χ1) is 20.0. The van der Waals surface area contributed by atoms with Gasteiger partial charge in [-0.3, -0.25) is 4.79 Å². The van der Waals surface area contributed by atoms with Crippen LogP contribution in [0.1, 0.15) is 38.8 Å². The van der Waals surface area contributed by atoms with Crippen molar-refractivity contribution >= 4 is 41.5 Å². The lowest BCUT2D eigenvalue weighted by atomic mass is 10.0. The summed E-state index contributed by atoms with van der Waals surface area (Å²) in [5, 5.41) is 24.0. The standard InChI is InChI=1S/C30H42N2O8S2/c1-6-39-28(36)26(17-20-7-9-22(38-5)10-8-20)31-27(35)25(32-29(37)40-30(2,3)4)18-21-15-23(41-13-11-33)19-24(16-21)42-14-12-34/h7-10,15-16,19,25-26,33-34H,6,11-14,17-18H2,1-5H3,(H,31,35)(H,32,37)/t25-,26-/m0/s1. The molecule has 12 heteroatoms. The summed E-state index contributed by atoms with van der Waals surface area (Å²) in [4.78, 5) is 41.1. The Morgan fingerprint density at radius 1 is 0.857 bits per heavy atom. The van der Waals surface area contributed by atoms with Crippen LogP contribution in [0.5, 0.6) is 5.75 Å². The lowest BCUT2D eigenvalue weighted by Crippen LogP contribution is -2.54. The average molecular weight is 623 g/mol. The third-order valence-electron chi connectivity index (χ3n) is 5.59. The summed E-state index contributed by atoms with van der Waals surface area (Å²) in [6.07, 6.45) is -0.502. The van der Waals surface area contributed by atoms with E-state index in [4.69, 9.17) is 14.2 Å². The molecular formula is C30H42N2O8S2. The van der Waals surface area contributed by atoms with E-state index in [2.05, 4.69) is 10.6 Å². The van der Waals surface area contributed by atoms with Crippen molar-refractivity contribution in [1.29, 1.82) is 0 Å². The Labute approximate surface area is 256 Å². The minimum Gasteiger partial charge on any atom is -0.497 e. The number of nitrogens with one attached hydrogen (secondary N) is 2. The predicted molar refractivity (Wildman–Crippen MR) is 164 cm³/mol. The molecule has 0 saturated carbocycles. The number of thioether (sulfide) groups is 2. The highest BCUT2D eigenvalue weighted by atomic mass is 32.2. The summed E-state index contributed by atoms with van der Waals surface area (Å²) in [7, 11) is 1.56. The number of hydrogen-bond acceptors (Lipinski definition) is 10. The van der Waals surface area contributed by atoms with Gasteiger partial charge in [-0.1, -0.05) is 12.1 Å². The largest absolute Gasteiger partial charge is 0.497 e. The van der Waals surface area contributed by atoms with E-state index >= 15 is 0 Å². The highest BCUT2D eigenvalue weighted by molar-refractivity contribution is 8.00. The van der Waals surface area contributed by atoms with Gasteiger partial charge in [0.25, 0.3) is 0 Å². The van der Waals surface area contributed by atoms with Gasteiger partial charge in [-0.05, 0) is 69.2 Å². The van der Waals surface area contributed by atoms with Crippen molar-refractivity contribution < 1.29 is 38.8 Å².